The standard InChI is InChI=1S/C16H12FNO2/c1-10-4-2-5-11-8-14(20-15(10)11)16(19)18-13-7-3-6-12(17)9-13/h2-9H,1H3,(H,18,19). The van der Waals surface area contributed by atoms with Crippen LogP contribution in [0.1, 0.15) is 16.1 Å². The van der Waals surface area contributed by atoms with Crippen LogP contribution in [0.25, 0.3) is 11.0 Å². The Morgan fingerprint density at radius 3 is 2.70 bits per heavy atom. The third-order valence-corrected chi connectivity index (χ3v) is 3.05. The van der Waals surface area contributed by atoms with Gasteiger partial charge in [-0.05, 0) is 36.8 Å². The highest BCUT2D eigenvalue weighted by atomic mass is 19.1. The minimum atomic E-state index is -0.400. The number of nitrogens with one attached hydrogen (secondary N) is 1. The Kier molecular flexibility index (Phi) is 2.99. The summed E-state index contributed by atoms with van der Waals surface area (Å²) in [6, 6.07) is 13.1. The fourth-order valence-corrected chi connectivity index (χ4v) is 2.08. The van der Waals surface area contributed by atoms with Crippen molar-refractivity contribution >= 4 is 22.6 Å². The summed E-state index contributed by atoms with van der Waals surface area (Å²) in [5, 5.41) is 3.48. The van der Waals surface area contributed by atoms with Gasteiger partial charge in [0.1, 0.15) is 11.4 Å². The van der Waals surface area contributed by atoms with Gasteiger partial charge in [0, 0.05) is 11.1 Å². The number of anilines is 1. The second-order valence-corrected chi connectivity index (χ2v) is 4.57. The Bertz CT molecular complexity index is 792. The van der Waals surface area contributed by atoms with Gasteiger partial charge >= 0.3 is 0 Å². The van der Waals surface area contributed by atoms with Gasteiger partial charge in [-0.15, -0.1) is 0 Å². The maximum atomic E-state index is 13.1. The number of aryl methyl sites for hydroxylation is 1. The van der Waals surface area contributed by atoms with Crippen LogP contribution in [0.3, 0.4) is 0 Å². The number of hydrogen-bond acceptors (Lipinski definition) is 2. The van der Waals surface area contributed by atoms with Crippen LogP contribution in [-0.2, 0) is 0 Å². The second kappa shape index (κ2) is 4.81. The molecule has 0 spiro atoms. The van der Waals surface area contributed by atoms with E-state index in [-0.39, 0.29) is 5.76 Å². The van der Waals surface area contributed by atoms with E-state index in [1.807, 2.05) is 25.1 Å². The van der Waals surface area contributed by atoms with E-state index in [9.17, 15) is 9.18 Å². The Morgan fingerprint density at radius 2 is 1.95 bits per heavy atom. The Labute approximate surface area is 115 Å². The molecule has 0 radical (unpaired) electrons. The van der Waals surface area contributed by atoms with Gasteiger partial charge in [0.05, 0.1) is 0 Å². The van der Waals surface area contributed by atoms with Crippen LogP contribution in [0.2, 0.25) is 0 Å². The zero-order chi connectivity index (χ0) is 14.1. The molecule has 2 aromatic carbocycles. The lowest BCUT2D eigenvalue weighted by Crippen LogP contribution is -2.10. The molecular weight excluding hydrogens is 257 g/mol. The van der Waals surface area contributed by atoms with Crippen LogP contribution >= 0.6 is 0 Å². The summed E-state index contributed by atoms with van der Waals surface area (Å²) in [4.78, 5) is 12.1. The monoisotopic (exact) mass is 269 g/mol. The maximum absolute atomic E-state index is 13.1. The molecule has 0 unspecified atom stereocenters. The third kappa shape index (κ3) is 2.28. The predicted molar refractivity (Wildman–Crippen MR) is 75.3 cm³/mol. The van der Waals surface area contributed by atoms with E-state index in [1.54, 1.807) is 12.1 Å². The molecule has 1 heterocycles. The van der Waals surface area contributed by atoms with Crippen LogP contribution < -0.4 is 5.32 Å². The van der Waals surface area contributed by atoms with Crippen LogP contribution in [0.5, 0.6) is 0 Å². The lowest BCUT2D eigenvalue weighted by atomic mass is 10.2. The molecule has 0 bridgehead atoms. The second-order valence-electron chi connectivity index (χ2n) is 4.57. The zero-order valence-electron chi connectivity index (χ0n) is 10.8. The molecular formula is C16H12FNO2. The normalized spacial score (nSPS) is 10.7. The number of para-hydroxylation sites is 1. The molecule has 3 rings (SSSR count). The van der Waals surface area contributed by atoms with Crippen LogP contribution in [0, 0.1) is 12.7 Å². The molecule has 4 heteroatoms. The van der Waals surface area contributed by atoms with E-state index < -0.39 is 11.7 Å². The average molecular weight is 269 g/mol. The number of hydrogen-bond donors (Lipinski definition) is 1. The Hall–Kier alpha value is -2.62. The van der Waals surface area contributed by atoms with Crippen molar-refractivity contribution in [3.8, 4) is 0 Å². The minimum Gasteiger partial charge on any atom is -0.451 e. The van der Waals surface area contributed by atoms with E-state index in [2.05, 4.69) is 5.32 Å². The third-order valence-electron chi connectivity index (χ3n) is 3.05. The first kappa shape index (κ1) is 12.4. The number of furan rings is 1. The van der Waals surface area contributed by atoms with Crippen molar-refractivity contribution in [2.45, 2.75) is 6.92 Å². The van der Waals surface area contributed by atoms with Gasteiger partial charge in [0.15, 0.2) is 5.76 Å². The Balaban J connectivity index is 1.91. The largest absolute Gasteiger partial charge is 0.451 e. The summed E-state index contributed by atoms with van der Waals surface area (Å²) >= 11 is 0. The molecule has 0 atom stereocenters. The molecule has 0 fully saturated rings. The highest BCUT2D eigenvalue weighted by Crippen LogP contribution is 2.23. The van der Waals surface area contributed by atoms with Gasteiger partial charge < -0.3 is 9.73 Å². The molecule has 0 saturated heterocycles. The number of carbonyl (C=O) groups is 1. The molecule has 3 aromatic rings. The van der Waals surface area contributed by atoms with Crippen molar-refractivity contribution in [2.24, 2.45) is 0 Å². The number of fused-ring (bicyclic) bond motifs is 1. The fourth-order valence-electron chi connectivity index (χ4n) is 2.08. The summed E-state index contributed by atoms with van der Waals surface area (Å²) in [5.74, 6) is -0.590. The molecule has 0 aliphatic heterocycles. The topological polar surface area (TPSA) is 42.2 Å². The molecule has 1 N–H and O–H groups in total. The summed E-state index contributed by atoms with van der Waals surface area (Å²) in [6.45, 7) is 1.92. The van der Waals surface area contributed by atoms with Crippen molar-refractivity contribution in [1.82, 2.24) is 0 Å². The lowest BCUT2D eigenvalue weighted by molar-refractivity contribution is 0.0998. The van der Waals surface area contributed by atoms with Crippen molar-refractivity contribution < 1.29 is 13.6 Å². The van der Waals surface area contributed by atoms with E-state index in [0.29, 0.717) is 11.3 Å². The zero-order valence-corrected chi connectivity index (χ0v) is 10.8. The molecule has 3 nitrogen and oxygen atoms in total. The first-order valence-electron chi connectivity index (χ1n) is 6.19. The van der Waals surface area contributed by atoms with Gasteiger partial charge in [-0.1, -0.05) is 24.3 Å². The van der Waals surface area contributed by atoms with Crippen LogP contribution in [-0.4, -0.2) is 5.91 Å². The van der Waals surface area contributed by atoms with Gasteiger partial charge in [-0.25, -0.2) is 4.39 Å². The average Bonchev–Trinajstić information content (AvgIpc) is 2.84. The van der Waals surface area contributed by atoms with Crippen molar-refractivity contribution in [1.29, 1.82) is 0 Å². The minimum absolute atomic E-state index is 0.207. The van der Waals surface area contributed by atoms with E-state index in [4.69, 9.17) is 4.42 Å². The lowest BCUT2D eigenvalue weighted by Gasteiger charge is -2.02. The summed E-state index contributed by atoms with van der Waals surface area (Å²) < 4.78 is 18.6. The Morgan fingerprint density at radius 1 is 1.15 bits per heavy atom. The molecule has 0 aliphatic rings. The van der Waals surface area contributed by atoms with Gasteiger partial charge in [0.25, 0.3) is 5.91 Å². The molecule has 0 aliphatic carbocycles. The smallest absolute Gasteiger partial charge is 0.291 e. The molecule has 1 aromatic heterocycles. The highest BCUT2D eigenvalue weighted by Gasteiger charge is 2.13. The summed E-state index contributed by atoms with van der Waals surface area (Å²) in [6.07, 6.45) is 0. The van der Waals surface area contributed by atoms with Crippen LogP contribution in [0.15, 0.2) is 52.9 Å². The van der Waals surface area contributed by atoms with E-state index in [1.165, 1.54) is 18.2 Å². The highest BCUT2D eigenvalue weighted by molar-refractivity contribution is 6.04. The van der Waals surface area contributed by atoms with Crippen molar-refractivity contribution in [3.05, 3.63) is 65.7 Å². The number of halogens is 1. The first-order chi connectivity index (χ1) is 9.63. The molecule has 20 heavy (non-hydrogen) atoms. The van der Waals surface area contributed by atoms with Crippen molar-refractivity contribution in [2.75, 3.05) is 5.32 Å². The first-order valence-corrected chi connectivity index (χ1v) is 6.19. The number of benzene rings is 2. The fraction of sp³-hybridized carbons (Fsp3) is 0.0625. The van der Waals surface area contributed by atoms with E-state index >= 15 is 0 Å². The van der Waals surface area contributed by atoms with E-state index in [0.717, 1.165) is 10.9 Å². The number of amides is 1. The predicted octanol–water partition coefficient (Wildman–Crippen LogP) is 4.13. The van der Waals surface area contributed by atoms with Crippen LogP contribution in [0.4, 0.5) is 10.1 Å². The van der Waals surface area contributed by atoms with Gasteiger partial charge in [-0.2, -0.15) is 0 Å². The molecule has 100 valence electrons. The number of carbonyl (C=O) groups excluding carboxylic acids is 1. The number of rotatable bonds is 2. The SMILES string of the molecule is Cc1cccc2cc(C(=O)Nc3cccc(F)c3)oc12. The summed E-state index contributed by atoms with van der Waals surface area (Å²) in [7, 11) is 0. The van der Waals surface area contributed by atoms with Gasteiger partial charge in [-0.3, -0.25) is 4.79 Å². The van der Waals surface area contributed by atoms with Gasteiger partial charge in [0.2, 0.25) is 0 Å². The molecule has 0 saturated carbocycles. The summed E-state index contributed by atoms with van der Waals surface area (Å²) in [5.41, 5.74) is 2.05. The maximum Gasteiger partial charge on any atom is 0.291 e. The quantitative estimate of drug-likeness (QED) is 0.760. The van der Waals surface area contributed by atoms with Crippen molar-refractivity contribution in [3.63, 3.8) is 0 Å². The molecule has 1 amide bonds.